The van der Waals surface area contributed by atoms with Crippen molar-refractivity contribution in [3.63, 3.8) is 0 Å². The minimum Gasteiger partial charge on any atom is -0.296 e. The van der Waals surface area contributed by atoms with E-state index >= 15 is 0 Å². The first-order chi connectivity index (χ1) is 10.8. The second-order valence-electron chi connectivity index (χ2n) is 5.49. The molecule has 0 unspecified atom stereocenters. The molecule has 1 N–H and O–H groups in total. The Kier molecular flexibility index (Phi) is 3.63. The summed E-state index contributed by atoms with van der Waals surface area (Å²) in [5, 5.41) is 17.2. The standard InChI is InChI=1S/C14H15N5OS2/c20-12(16-13-18-19-8-15-17-14(19)22-13)10-6-11(21-7-10)9-4-2-1-3-5-9/h6-9H,1-5H2,(H,16,18,20). The summed E-state index contributed by atoms with van der Waals surface area (Å²) in [5.41, 5.74) is 0.719. The van der Waals surface area contributed by atoms with Gasteiger partial charge in [-0.05, 0) is 24.8 Å². The van der Waals surface area contributed by atoms with Crippen LogP contribution in [0, 0.1) is 0 Å². The van der Waals surface area contributed by atoms with E-state index in [9.17, 15) is 4.79 Å². The second kappa shape index (κ2) is 5.77. The fraction of sp³-hybridized carbons (Fsp3) is 0.429. The average Bonchev–Trinajstić information content (AvgIpc) is 3.23. The molecule has 0 saturated heterocycles. The molecule has 3 aromatic rings. The van der Waals surface area contributed by atoms with E-state index < -0.39 is 0 Å². The van der Waals surface area contributed by atoms with Gasteiger partial charge in [0.2, 0.25) is 10.1 Å². The minimum absolute atomic E-state index is 0.108. The minimum atomic E-state index is -0.108. The Labute approximate surface area is 135 Å². The van der Waals surface area contributed by atoms with Gasteiger partial charge in [0.15, 0.2) is 0 Å². The lowest BCUT2D eigenvalue weighted by Gasteiger charge is -2.19. The summed E-state index contributed by atoms with van der Waals surface area (Å²) in [4.78, 5) is 14.3. The van der Waals surface area contributed by atoms with Crippen molar-refractivity contribution in [3.05, 3.63) is 28.2 Å². The quantitative estimate of drug-likeness (QED) is 0.795. The number of rotatable bonds is 3. The van der Waals surface area contributed by atoms with Crippen molar-refractivity contribution < 1.29 is 4.79 Å². The summed E-state index contributed by atoms with van der Waals surface area (Å²) >= 11 is 3.01. The molecule has 1 aliphatic carbocycles. The number of carbonyl (C=O) groups is 1. The van der Waals surface area contributed by atoms with Crippen molar-refractivity contribution in [1.82, 2.24) is 19.8 Å². The van der Waals surface area contributed by atoms with Crippen LogP contribution in [0.1, 0.15) is 53.3 Å². The summed E-state index contributed by atoms with van der Waals surface area (Å²) in [6.07, 6.45) is 7.97. The molecule has 3 aromatic heterocycles. The molecule has 1 fully saturated rings. The maximum absolute atomic E-state index is 12.3. The molecular formula is C14H15N5OS2. The smallest absolute Gasteiger partial charge is 0.258 e. The van der Waals surface area contributed by atoms with Gasteiger partial charge in [0.05, 0.1) is 5.56 Å². The number of amides is 1. The lowest BCUT2D eigenvalue weighted by atomic mass is 9.88. The highest BCUT2D eigenvalue weighted by molar-refractivity contribution is 7.20. The van der Waals surface area contributed by atoms with Gasteiger partial charge in [0, 0.05) is 10.3 Å². The Bertz CT molecular complexity index is 770. The molecule has 0 aromatic carbocycles. The van der Waals surface area contributed by atoms with Gasteiger partial charge in [-0.25, -0.2) is 0 Å². The predicted molar refractivity (Wildman–Crippen MR) is 86.8 cm³/mol. The van der Waals surface area contributed by atoms with E-state index in [1.807, 2.05) is 11.4 Å². The third-order valence-electron chi connectivity index (χ3n) is 4.00. The summed E-state index contributed by atoms with van der Waals surface area (Å²) in [7, 11) is 0. The van der Waals surface area contributed by atoms with Crippen molar-refractivity contribution >= 4 is 38.7 Å². The Morgan fingerprint density at radius 2 is 2.18 bits per heavy atom. The van der Waals surface area contributed by atoms with Gasteiger partial charge in [-0.15, -0.1) is 26.6 Å². The van der Waals surface area contributed by atoms with Gasteiger partial charge >= 0.3 is 0 Å². The van der Waals surface area contributed by atoms with Gasteiger partial charge in [-0.1, -0.05) is 30.6 Å². The van der Waals surface area contributed by atoms with Crippen molar-refractivity contribution in [2.24, 2.45) is 0 Å². The topological polar surface area (TPSA) is 72.2 Å². The van der Waals surface area contributed by atoms with Crippen LogP contribution >= 0.6 is 22.7 Å². The molecule has 22 heavy (non-hydrogen) atoms. The highest BCUT2D eigenvalue weighted by atomic mass is 32.1. The summed E-state index contributed by atoms with van der Waals surface area (Å²) in [6, 6.07) is 2.04. The first-order valence-corrected chi connectivity index (χ1v) is 9.06. The van der Waals surface area contributed by atoms with Gasteiger partial charge in [-0.2, -0.15) is 4.52 Å². The van der Waals surface area contributed by atoms with Crippen LogP contribution in [0.5, 0.6) is 0 Å². The molecule has 0 atom stereocenters. The molecule has 0 aliphatic heterocycles. The average molecular weight is 333 g/mol. The van der Waals surface area contributed by atoms with E-state index in [0.717, 1.165) is 5.56 Å². The van der Waals surface area contributed by atoms with Crippen LogP contribution in [0.2, 0.25) is 0 Å². The first kappa shape index (κ1) is 13.8. The van der Waals surface area contributed by atoms with Gasteiger partial charge in [0.25, 0.3) is 5.91 Å². The van der Waals surface area contributed by atoms with Crippen LogP contribution in [-0.4, -0.2) is 25.7 Å². The molecule has 1 aliphatic rings. The van der Waals surface area contributed by atoms with Gasteiger partial charge in [-0.3, -0.25) is 10.1 Å². The fourth-order valence-electron chi connectivity index (χ4n) is 2.85. The zero-order valence-corrected chi connectivity index (χ0v) is 13.5. The van der Waals surface area contributed by atoms with E-state index in [-0.39, 0.29) is 5.91 Å². The zero-order chi connectivity index (χ0) is 14.9. The molecular weight excluding hydrogens is 318 g/mol. The lowest BCUT2D eigenvalue weighted by molar-refractivity contribution is 0.102. The number of hydrogen-bond acceptors (Lipinski definition) is 6. The SMILES string of the molecule is O=C(Nc1nn2cnnc2s1)c1csc(C2CCCCC2)c1. The number of aromatic nitrogens is 4. The van der Waals surface area contributed by atoms with E-state index in [1.54, 1.807) is 15.9 Å². The van der Waals surface area contributed by atoms with Crippen LogP contribution in [0.3, 0.4) is 0 Å². The van der Waals surface area contributed by atoms with Crippen LogP contribution in [0.4, 0.5) is 5.13 Å². The zero-order valence-electron chi connectivity index (χ0n) is 11.9. The van der Waals surface area contributed by atoms with Gasteiger partial charge < -0.3 is 0 Å². The van der Waals surface area contributed by atoms with Crippen molar-refractivity contribution in [2.45, 2.75) is 38.0 Å². The van der Waals surface area contributed by atoms with Crippen LogP contribution in [-0.2, 0) is 0 Å². The third kappa shape index (κ3) is 2.64. The Morgan fingerprint density at radius 1 is 1.32 bits per heavy atom. The highest BCUT2D eigenvalue weighted by Gasteiger charge is 2.19. The Balaban J connectivity index is 1.48. The van der Waals surface area contributed by atoms with Crippen molar-refractivity contribution in [1.29, 1.82) is 0 Å². The monoisotopic (exact) mass is 333 g/mol. The molecule has 0 spiro atoms. The van der Waals surface area contributed by atoms with Crippen LogP contribution in [0.25, 0.3) is 4.96 Å². The first-order valence-electron chi connectivity index (χ1n) is 7.36. The molecule has 0 radical (unpaired) electrons. The van der Waals surface area contributed by atoms with Gasteiger partial charge in [0.1, 0.15) is 6.33 Å². The van der Waals surface area contributed by atoms with Crippen molar-refractivity contribution in [3.8, 4) is 0 Å². The van der Waals surface area contributed by atoms with E-state index in [0.29, 0.717) is 16.0 Å². The molecule has 8 heteroatoms. The molecule has 4 rings (SSSR count). The van der Waals surface area contributed by atoms with E-state index in [2.05, 4.69) is 20.6 Å². The van der Waals surface area contributed by atoms with Crippen LogP contribution in [0.15, 0.2) is 17.8 Å². The Morgan fingerprint density at radius 3 is 3.00 bits per heavy atom. The number of thiophene rings is 1. The second-order valence-corrected chi connectivity index (χ2v) is 7.39. The third-order valence-corrected chi connectivity index (χ3v) is 5.92. The number of nitrogens with one attached hydrogen (secondary N) is 1. The summed E-state index contributed by atoms with van der Waals surface area (Å²) < 4.78 is 1.56. The number of hydrogen-bond donors (Lipinski definition) is 1. The summed E-state index contributed by atoms with van der Waals surface area (Å²) in [6.45, 7) is 0. The maximum atomic E-state index is 12.3. The van der Waals surface area contributed by atoms with E-state index in [4.69, 9.17) is 0 Å². The normalized spacial score (nSPS) is 16.2. The number of anilines is 1. The molecule has 6 nitrogen and oxygen atoms in total. The molecule has 3 heterocycles. The highest BCUT2D eigenvalue weighted by Crippen LogP contribution is 2.36. The molecule has 114 valence electrons. The van der Waals surface area contributed by atoms with E-state index in [1.165, 1.54) is 54.6 Å². The predicted octanol–water partition coefficient (Wildman–Crippen LogP) is 3.55. The number of nitrogens with zero attached hydrogens (tertiary/aromatic N) is 4. The molecule has 0 bridgehead atoms. The van der Waals surface area contributed by atoms with Crippen molar-refractivity contribution in [2.75, 3.05) is 5.32 Å². The maximum Gasteiger partial charge on any atom is 0.258 e. The number of fused-ring (bicyclic) bond motifs is 1. The number of carbonyl (C=O) groups excluding carboxylic acids is 1. The molecule has 1 saturated carbocycles. The fourth-order valence-corrected chi connectivity index (χ4v) is 4.63. The molecule has 1 amide bonds. The largest absolute Gasteiger partial charge is 0.296 e. The van der Waals surface area contributed by atoms with Crippen LogP contribution < -0.4 is 5.32 Å². The summed E-state index contributed by atoms with van der Waals surface area (Å²) in [5.74, 6) is 0.526. The Hall–Kier alpha value is -1.80. The lowest BCUT2D eigenvalue weighted by Crippen LogP contribution is -2.11.